The summed E-state index contributed by atoms with van der Waals surface area (Å²) in [5.74, 6) is 0. The van der Waals surface area contributed by atoms with Gasteiger partial charge >= 0.3 is 0 Å². The Hall–Kier alpha value is -5.71. The molecule has 0 spiro atoms. The Morgan fingerprint density at radius 3 is 0.584 bits per heavy atom. The molecule has 0 unspecified atom stereocenters. The van der Waals surface area contributed by atoms with Crippen molar-refractivity contribution in [2.75, 3.05) is 0 Å². The first kappa shape index (κ1) is 107. The maximum absolute atomic E-state index is 4.08. The minimum absolute atomic E-state index is 0. The highest BCUT2D eigenvalue weighted by Crippen LogP contribution is 2.02. The van der Waals surface area contributed by atoms with Gasteiger partial charge in [0.2, 0.25) is 0 Å². The van der Waals surface area contributed by atoms with Gasteiger partial charge in [0.15, 0.2) is 0 Å². The van der Waals surface area contributed by atoms with Crippen LogP contribution >= 0.6 is 0 Å². The van der Waals surface area contributed by atoms with Gasteiger partial charge in [0, 0.05) is 144 Å². The summed E-state index contributed by atoms with van der Waals surface area (Å²) in [5.41, 5.74) is 16.3. The van der Waals surface area contributed by atoms with Crippen molar-refractivity contribution in [3.05, 3.63) is 190 Å². The summed E-state index contributed by atoms with van der Waals surface area (Å²) in [7, 11) is 0. The molecule has 0 saturated heterocycles. The fourth-order valence-electron chi connectivity index (χ4n) is 3.61. The Labute approximate surface area is 490 Å². The predicted molar refractivity (Wildman–Crippen MR) is 349 cm³/mol. The standard InChI is InChI=1S/4C7H9N.3C6H8N2.7C2H6.7B/c2*1-6-3-4-8-5-7(6)2;2*1-6-4-3-5-8-7(6)2;2*1-5-3-7-4-8-6(5)2;1-5-6(2)8-4-3-7-5;7*1-2;;;;;;;/h4*3-5H,1-2H3;3*3-4H,1-2H3;7*1-2H3;;;;;;;. The number of nitrogens with zero attached hydrogens (tertiary/aromatic N) is 10. The Kier molecular flexibility index (Phi) is 114. The summed E-state index contributed by atoms with van der Waals surface area (Å²) in [6.45, 7) is 56.2. The summed E-state index contributed by atoms with van der Waals surface area (Å²) in [6, 6.07) is 12.0. The molecule has 413 valence electrons. The normalized spacial score (nSPS) is 7.27. The first-order chi connectivity index (χ1) is 33.6. The molecule has 7 heterocycles. The van der Waals surface area contributed by atoms with E-state index in [2.05, 4.69) is 104 Å². The van der Waals surface area contributed by atoms with Gasteiger partial charge in [-0.3, -0.25) is 29.9 Å². The number of hydrogen-bond donors (Lipinski definition) is 0. The topological polar surface area (TPSA) is 129 Å². The molecular formula is C60H102B7N10. The third-order valence-corrected chi connectivity index (χ3v) is 8.58. The molecule has 0 aliphatic rings. The van der Waals surface area contributed by atoms with Crippen LogP contribution in [0.1, 0.15) is 176 Å². The van der Waals surface area contributed by atoms with Crippen LogP contribution < -0.4 is 0 Å². The molecule has 0 fully saturated rings. The van der Waals surface area contributed by atoms with Crippen LogP contribution in [0.4, 0.5) is 0 Å². The first-order valence-electron chi connectivity index (χ1n) is 25.3. The van der Waals surface area contributed by atoms with Crippen LogP contribution in [-0.2, 0) is 0 Å². The molecule has 0 bridgehead atoms. The average Bonchev–Trinajstić information content (AvgIpc) is 3.41. The van der Waals surface area contributed by atoms with E-state index >= 15 is 0 Å². The molecular weight excluding hydrogens is 936 g/mol. The minimum Gasteiger partial charge on any atom is -0.264 e. The molecule has 7 aromatic heterocycles. The number of aryl methyl sites for hydroxylation is 14. The Morgan fingerprint density at radius 2 is 0.442 bits per heavy atom. The lowest BCUT2D eigenvalue weighted by molar-refractivity contribution is 1.05. The lowest BCUT2D eigenvalue weighted by Gasteiger charge is -1.92. The molecule has 17 heteroatoms. The van der Waals surface area contributed by atoms with Crippen LogP contribution in [-0.4, -0.2) is 109 Å². The second-order valence-electron chi connectivity index (χ2n) is 13.0. The van der Waals surface area contributed by atoms with Crippen molar-refractivity contribution in [2.45, 2.75) is 194 Å². The summed E-state index contributed by atoms with van der Waals surface area (Å²) < 4.78 is 0. The maximum Gasteiger partial charge on any atom is 0.115 e. The van der Waals surface area contributed by atoms with Crippen molar-refractivity contribution in [2.24, 2.45) is 0 Å². The number of aromatic nitrogens is 10. The van der Waals surface area contributed by atoms with Crippen LogP contribution in [0.2, 0.25) is 0 Å². The molecule has 0 N–H and O–H groups in total. The van der Waals surface area contributed by atoms with Gasteiger partial charge in [-0.15, -0.1) is 0 Å². The zero-order valence-electron chi connectivity index (χ0n) is 53.9. The molecule has 0 aliphatic heterocycles. The van der Waals surface area contributed by atoms with E-state index in [0.717, 1.165) is 45.3 Å². The third-order valence-electron chi connectivity index (χ3n) is 8.58. The van der Waals surface area contributed by atoms with Crippen molar-refractivity contribution in [1.29, 1.82) is 0 Å². The molecule has 10 nitrogen and oxygen atoms in total. The van der Waals surface area contributed by atoms with Gasteiger partial charge in [-0.05, 0) is 166 Å². The summed E-state index contributed by atoms with van der Waals surface area (Å²) >= 11 is 0. The van der Waals surface area contributed by atoms with Crippen LogP contribution in [0.25, 0.3) is 0 Å². The van der Waals surface area contributed by atoms with Crippen molar-refractivity contribution >= 4 is 58.9 Å². The van der Waals surface area contributed by atoms with E-state index in [0.29, 0.717) is 0 Å². The summed E-state index contributed by atoms with van der Waals surface area (Å²) in [4.78, 5) is 39.7. The van der Waals surface area contributed by atoms with E-state index in [1.807, 2.05) is 226 Å². The van der Waals surface area contributed by atoms with Gasteiger partial charge in [0.25, 0.3) is 0 Å². The Bertz CT molecular complexity index is 1600. The van der Waals surface area contributed by atoms with Crippen molar-refractivity contribution < 1.29 is 0 Å². The van der Waals surface area contributed by atoms with E-state index in [1.165, 1.54) is 33.4 Å². The van der Waals surface area contributed by atoms with Gasteiger partial charge in [-0.2, -0.15) is 0 Å². The van der Waals surface area contributed by atoms with Crippen molar-refractivity contribution in [1.82, 2.24) is 49.8 Å². The molecule has 0 amide bonds. The van der Waals surface area contributed by atoms with Crippen molar-refractivity contribution in [3.63, 3.8) is 0 Å². The quantitative estimate of drug-likeness (QED) is 0.135. The smallest absolute Gasteiger partial charge is 0.115 e. The van der Waals surface area contributed by atoms with E-state index in [-0.39, 0.29) is 58.9 Å². The molecule has 0 aromatic carbocycles. The third kappa shape index (κ3) is 64.5. The SMILES string of the molecule is CC.CC.CC.CC.CC.CC.CC.Cc1cccnc1C.Cc1cccnc1C.Cc1ccncc1C.Cc1ccncc1C.Cc1cncnc1C.Cc1cncnc1C.Cc1nccnc1C.[B].[B].[B].[B].[B].[B].[B]. The van der Waals surface area contributed by atoms with Crippen LogP contribution in [0.3, 0.4) is 0 Å². The van der Waals surface area contributed by atoms with Crippen LogP contribution in [0.5, 0.6) is 0 Å². The van der Waals surface area contributed by atoms with Gasteiger partial charge in [-0.1, -0.05) is 109 Å². The van der Waals surface area contributed by atoms with E-state index in [1.54, 1.807) is 25.0 Å². The van der Waals surface area contributed by atoms with E-state index in [4.69, 9.17) is 0 Å². The zero-order valence-corrected chi connectivity index (χ0v) is 53.9. The molecule has 0 atom stereocenters. The lowest BCUT2D eigenvalue weighted by atomic mass is 10.2. The Balaban J connectivity index is -0.0000000475. The highest BCUT2D eigenvalue weighted by molar-refractivity contribution is 5.76. The molecule has 77 heavy (non-hydrogen) atoms. The van der Waals surface area contributed by atoms with Gasteiger partial charge in [0.1, 0.15) is 12.7 Å². The number of hydrogen-bond acceptors (Lipinski definition) is 10. The average molecular weight is 1040 g/mol. The highest BCUT2D eigenvalue weighted by Gasteiger charge is 1.90. The van der Waals surface area contributed by atoms with Gasteiger partial charge in [-0.25, -0.2) is 19.9 Å². The molecule has 0 aliphatic carbocycles. The first-order valence-corrected chi connectivity index (χ1v) is 25.3. The van der Waals surface area contributed by atoms with E-state index < -0.39 is 0 Å². The van der Waals surface area contributed by atoms with E-state index in [9.17, 15) is 0 Å². The summed E-state index contributed by atoms with van der Waals surface area (Å²) in [6.07, 6.45) is 21.1. The highest BCUT2D eigenvalue weighted by atomic mass is 14.8. The maximum atomic E-state index is 4.08. The molecule has 0 saturated carbocycles. The molecule has 7 rings (SSSR count). The van der Waals surface area contributed by atoms with Crippen molar-refractivity contribution in [3.8, 4) is 0 Å². The lowest BCUT2D eigenvalue weighted by Crippen LogP contribution is -1.87. The minimum atomic E-state index is 0. The molecule has 7 aromatic rings. The number of pyridine rings is 4. The summed E-state index contributed by atoms with van der Waals surface area (Å²) in [5, 5.41) is 0. The second kappa shape index (κ2) is 81.7. The Morgan fingerprint density at radius 1 is 0.208 bits per heavy atom. The number of rotatable bonds is 0. The fourth-order valence-corrected chi connectivity index (χ4v) is 3.61. The van der Waals surface area contributed by atoms with Gasteiger partial charge in [0.05, 0.1) is 11.4 Å². The predicted octanol–water partition coefficient (Wildman–Crippen LogP) is 14.6. The van der Waals surface area contributed by atoms with Crippen LogP contribution in [0, 0.1) is 96.9 Å². The fraction of sp³-hybridized carbons (Fsp3) is 0.467. The van der Waals surface area contributed by atoms with Gasteiger partial charge < -0.3 is 0 Å². The van der Waals surface area contributed by atoms with Crippen LogP contribution in [0.15, 0.2) is 111 Å². The second-order valence-corrected chi connectivity index (χ2v) is 13.0. The monoisotopic (exact) mass is 1040 g/mol. The molecule has 21 radical (unpaired) electrons. The largest absolute Gasteiger partial charge is 0.264 e. The zero-order chi connectivity index (χ0) is 55.9.